The van der Waals surface area contributed by atoms with E-state index in [4.69, 9.17) is 0 Å². The van der Waals surface area contributed by atoms with Crippen LogP contribution in [0.5, 0.6) is 0 Å². The van der Waals surface area contributed by atoms with Crippen molar-refractivity contribution in [3.63, 3.8) is 0 Å². The largest absolute Gasteiger partial charge is 0.0871 e. The molecule has 0 radical (unpaired) electrons. The molecule has 1 aliphatic rings. The van der Waals surface area contributed by atoms with E-state index < -0.39 is 0 Å². The lowest BCUT2D eigenvalue weighted by atomic mass is 9.87. The van der Waals surface area contributed by atoms with Gasteiger partial charge in [0.25, 0.3) is 0 Å². The van der Waals surface area contributed by atoms with E-state index in [1.807, 2.05) is 0 Å². The molecule has 0 N–H and O–H groups in total. The summed E-state index contributed by atoms with van der Waals surface area (Å²) >= 11 is 0. The van der Waals surface area contributed by atoms with E-state index in [1.165, 1.54) is 12.8 Å². The van der Waals surface area contributed by atoms with Crippen molar-refractivity contribution >= 4 is 0 Å². The van der Waals surface area contributed by atoms with E-state index in [0.29, 0.717) is 5.41 Å². The molecular weight excluding hydrogens is 132 g/mol. The average molecular weight is 150 g/mol. The summed E-state index contributed by atoms with van der Waals surface area (Å²) in [7, 11) is 0. The fourth-order valence-corrected chi connectivity index (χ4v) is 1.31. The molecule has 0 saturated carbocycles. The van der Waals surface area contributed by atoms with E-state index in [1.54, 1.807) is 0 Å². The van der Waals surface area contributed by atoms with Crippen LogP contribution in [-0.2, 0) is 0 Å². The number of hydrogen-bond donors (Lipinski definition) is 0. The minimum Gasteiger partial charge on any atom is -0.0871 e. The molecule has 0 bridgehead atoms. The van der Waals surface area contributed by atoms with Crippen LogP contribution in [-0.4, -0.2) is 0 Å². The molecule has 0 heteroatoms. The Morgan fingerprint density at radius 1 is 1.45 bits per heavy atom. The van der Waals surface area contributed by atoms with Crippen LogP contribution in [0.15, 0.2) is 24.3 Å². The molecule has 0 amide bonds. The highest BCUT2D eigenvalue weighted by molar-refractivity contribution is 5.13. The fourth-order valence-electron chi connectivity index (χ4n) is 1.31. The van der Waals surface area contributed by atoms with Gasteiger partial charge in [-0.25, -0.2) is 0 Å². The third-order valence-corrected chi connectivity index (χ3v) is 2.57. The van der Waals surface area contributed by atoms with Crippen molar-refractivity contribution in [2.24, 2.45) is 11.3 Å². The maximum atomic E-state index is 2.35. The smallest absolute Gasteiger partial charge is 0.00301 e. The summed E-state index contributed by atoms with van der Waals surface area (Å²) in [5.74, 6) is 0.722. The van der Waals surface area contributed by atoms with Gasteiger partial charge in [-0.05, 0) is 18.8 Å². The van der Waals surface area contributed by atoms with Crippen molar-refractivity contribution in [3.05, 3.63) is 24.3 Å². The van der Waals surface area contributed by atoms with Gasteiger partial charge in [-0.3, -0.25) is 0 Å². The topological polar surface area (TPSA) is 0 Å². The Balaban J connectivity index is 2.76. The Morgan fingerprint density at radius 2 is 2.18 bits per heavy atom. The molecule has 2 atom stereocenters. The minimum atomic E-state index is 0.324. The molecule has 0 nitrogen and oxygen atoms in total. The first-order valence-corrected chi connectivity index (χ1v) is 4.53. The van der Waals surface area contributed by atoms with Crippen LogP contribution in [0.25, 0.3) is 0 Å². The van der Waals surface area contributed by atoms with Gasteiger partial charge in [-0.15, -0.1) is 0 Å². The average Bonchev–Trinajstić information content (AvgIpc) is 2.15. The molecule has 62 valence electrons. The van der Waals surface area contributed by atoms with Crippen molar-refractivity contribution in [2.75, 3.05) is 0 Å². The predicted molar refractivity (Wildman–Crippen MR) is 50.5 cm³/mol. The lowest BCUT2D eigenvalue weighted by Crippen LogP contribution is -2.06. The fraction of sp³-hybridized carbons (Fsp3) is 0.636. The van der Waals surface area contributed by atoms with Gasteiger partial charge >= 0.3 is 0 Å². The van der Waals surface area contributed by atoms with Crippen molar-refractivity contribution in [1.82, 2.24) is 0 Å². The lowest BCUT2D eigenvalue weighted by Gasteiger charge is -2.18. The molecule has 0 aromatic heterocycles. The molecule has 0 saturated heterocycles. The highest BCUT2D eigenvalue weighted by Gasteiger charge is 2.15. The third-order valence-electron chi connectivity index (χ3n) is 2.57. The van der Waals surface area contributed by atoms with Crippen LogP contribution < -0.4 is 0 Å². The maximum Gasteiger partial charge on any atom is 0.00301 e. The number of allylic oxidation sites excluding steroid dienone is 4. The summed E-state index contributed by atoms with van der Waals surface area (Å²) in [4.78, 5) is 0. The van der Waals surface area contributed by atoms with Gasteiger partial charge in [-0.1, -0.05) is 45.1 Å². The Morgan fingerprint density at radius 3 is 2.82 bits per heavy atom. The van der Waals surface area contributed by atoms with Crippen molar-refractivity contribution in [1.29, 1.82) is 0 Å². The van der Waals surface area contributed by atoms with Crippen molar-refractivity contribution in [3.8, 4) is 0 Å². The molecule has 1 unspecified atom stereocenters. The number of rotatable bonds is 1. The van der Waals surface area contributed by atoms with Gasteiger partial charge in [0.1, 0.15) is 0 Å². The van der Waals surface area contributed by atoms with Crippen LogP contribution in [0, 0.1) is 11.3 Å². The van der Waals surface area contributed by atoms with Crippen molar-refractivity contribution in [2.45, 2.75) is 33.6 Å². The van der Waals surface area contributed by atoms with E-state index in [0.717, 1.165) is 5.92 Å². The Hall–Kier alpha value is -0.520. The second kappa shape index (κ2) is 3.25. The quantitative estimate of drug-likeness (QED) is 0.501. The third kappa shape index (κ3) is 2.21. The van der Waals surface area contributed by atoms with Crippen LogP contribution >= 0.6 is 0 Å². The first-order chi connectivity index (χ1) is 5.16. The SMILES string of the molecule is CC[C@]1(C)C=CCC(C)C=C1. The summed E-state index contributed by atoms with van der Waals surface area (Å²) < 4.78 is 0. The van der Waals surface area contributed by atoms with Crippen LogP contribution in [0.1, 0.15) is 33.6 Å². The molecule has 0 heterocycles. The van der Waals surface area contributed by atoms with Gasteiger partial charge in [0.05, 0.1) is 0 Å². The minimum absolute atomic E-state index is 0.324. The first kappa shape index (κ1) is 8.58. The Bertz CT molecular complexity index is 176. The summed E-state index contributed by atoms with van der Waals surface area (Å²) in [6, 6.07) is 0. The lowest BCUT2D eigenvalue weighted by molar-refractivity contribution is 0.530. The molecule has 1 aliphatic carbocycles. The standard InChI is InChI=1S/C11H18/c1-4-11(3)8-5-6-10(2)7-9-11/h5,7-10H,4,6H2,1-3H3/t10?,11-/m1/s1. The van der Waals surface area contributed by atoms with Crippen LogP contribution in [0.3, 0.4) is 0 Å². The summed E-state index contributed by atoms with van der Waals surface area (Å²) in [6.45, 7) is 6.80. The zero-order valence-corrected chi connectivity index (χ0v) is 7.80. The highest BCUT2D eigenvalue weighted by Crippen LogP contribution is 2.28. The summed E-state index contributed by atoms with van der Waals surface area (Å²) in [5.41, 5.74) is 0.324. The molecule has 1 rings (SSSR count). The van der Waals surface area contributed by atoms with Crippen LogP contribution in [0.2, 0.25) is 0 Å². The Labute approximate surface area is 70.0 Å². The van der Waals surface area contributed by atoms with Gasteiger partial charge in [0.2, 0.25) is 0 Å². The van der Waals surface area contributed by atoms with Crippen molar-refractivity contribution < 1.29 is 0 Å². The molecule has 0 spiro atoms. The molecule has 11 heavy (non-hydrogen) atoms. The van der Waals surface area contributed by atoms with Crippen LogP contribution in [0.4, 0.5) is 0 Å². The van der Waals surface area contributed by atoms with Gasteiger partial charge < -0.3 is 0 Å². The van der Waals surface area contributed by atoms with Gasteiger partial charge in [0.15, 0.2) is 0 Å². The summed E-state index contributed by atoms with van der Waals surface area (Å²) in [6.07, 6.45) is 11.7. The Kier molecular flexibility index (Phi) is 2.53. The maximum absolute atomic E-state index is 2.35. The zero-order valence-electron chi connectivity index (χ0n) is 7.80. The zero-order chi connectivity index (χ0) is 8.32. The van der Waals surface area contributed by atoms with E-state index >= 15 is 0 Å². The predicted octanol–water partition coefficient (Wildman–Crippen LogP) is 3.55. The molecule has 0 fully saturated rings. The van der Waals surface area contributed by atoms with E-state index in [2.05, 4.69) is 45.1 Å². The van der Waals surface area contributed by atoms with Gasteiger partial charge in [0, 0.05) is 5.41 Å². The molecule has 0 aromatic rings. The molecule has 0 aromatic carbocycles. The second-order valence-corrected chi connectivity index (χ2v) is 3.83. The first-order valence-electron chi connectivity index (χ1n) is 4.53. The van der Waals surface area contributed by atoms with E-state index in [-0.39, 0.29) is 0 Å². The highest BCUT2D eigenvalue weighted by atomic mass is 14.2. The van der Waals surface area contributed by atoms with E-state index in [9.17, 15) is 0 Å². The normalized spacial score (nSPS) is 37.2. The molecule has 0 aliphatic heterocycles. The number of hydrogen-bond acceptors (Lipinski definition) is 0. The van der Waals surface area contributed by atoms with Gasteiger partial charge in [-0.2, -0.15) is 0 Å². The monoisotopic (exact) mass is 150 g/mol. The summed E-state index contributed by atoms with van der Waals surface area (Å²) in [5, 5.41) is 0. The second-order valence-electron chi connectivity index (χ2n) is 3.83. The molecular formula is C11H18.